The number of nitrogens with zero attached hydrogens (tertiary/aromatic N) is 2. The van der Waals surface area contributed by atoms with Crippen molar-refractivity contribution >= 4 is 11.6 Å². The average Bonchev–Trinajstić information content (AvgIpc) is 2.27. The molecule has 74 valence electrons. The molecule has 0 unspecified atom stereocenters. The van der Waals surface area contributed by atoms with Gasteiger partial charge in [0.1, 0.15) is 0 Å². The van der Waals surface area contributed by atoms with Gasteiger partial charge in [-0.15, -0.1) is 0 Å². The summed E-state index contributed by atoms with van der Waals surface area (Å²) in [4.78, 5) is 11.1. The molecule has 1 rings (SSSR count). The van der Waals surface area contributed by atoms with E-state index in [1.165, 1.54) is 5.01 Å². The Kier molecular flexibility index (Phi) is 2.71. The molecule has 0 aromatic heterocycles. The highest BCUT2D eigenvalue weighted by molar-refractivity contribution is 6.05. The van der Waals surface area contributed by atoms with Crippen molar-refractivity contribution in [2.75, 3.05) is 13.7 Å². The molecule has 1 heterocycles. The van der Waals surface area contributed by atoms with Gasteiger partial charge in [-0.25, -0.2) is 5.01 Å². The van der Waals surface area contributed by atoms with E-state index in [-0.39, 0.29) is 11.5 Å². The fourth-order valence-corrected chi connectivity index (χ4v) is 0.972. The SMILES string of the molecule is CN1N=C(COC(C)(C)C)CC1=O. The molecular formula is C9H16N2O2. The van der Waals surface area contributed by atoms with Crippen LogP contribution in [0.2, 0.25) is 0 Å². The molecule has 0 aromatic rings. The lowest BCUT2D eigenvalue weighted by molar-refractivity contribution is -0.127. The Morgan fingerprint density at radius 2 is 2.15 bits per heavy atom. The summed E-state index contributed by atoms with van der Waals surface area (Å²) in [5.41, 5.74) is 0.634. The summed E-state index contributed by atoms with van der Waals surface area (Å²) in [5, 5.41) is 5.41. The standard InChI is InChI=1S/C9H16N2O2/c1-9(2,3)13-6-7-5-8(12)11(4)10-7/h5-6H2,1-4H3. The smallest absolute Gasteiger partial charge is 0.248 e. The minimum absolute atomic E-state index is 0.0347. The summed E-state index contributed by atoms with van der Waals surface area (Å²) in [5.74, 6) is 0.0347. The van der Waals surface area contributed by atoms with Crippen LogP contribution in [0.1, 0.15) is 27.2 Å². The molecule has 0 bridgehead atoms. The zero-order valence-electron chi connectivity index (χ0n) is 8.63. The summed E-state index contributed by atoms with van der Waals surface area (Å²) < 4.78 is 5.50. The lowest BCUT2D eigenvalue weighted by Crippen LogP contribution is -2.23. The van der Waals surface area contributed by atoms with E-state index in [1.54, 1.807) is 7.05 Å². The van der Waals surface area contributed by atoms with Crippen LogP contribution in [-0.4, -0.2) is 35.9 Å². The topological polar surface area (TPSA) is 41.9 Å². The largest absolute Gasteiger partial charge is 0.370 e. The van der Waals surface area contributed by atoms with Crippen molar-refractivity contribution in [3.63, 3.8) is 0 Å². The first-order valence-corrected chi connectivity index (χ1v) is 4.35. The number of hydrogen-bond acceptors (Lipinski definition) is 3. The fraction of sp³-hybridized carbons (Fsp3) is 0.778. The predicted octanol–water partition coefficient (Wildman–Crippen LogP) is 1.02. The third-order valence-electron chi connectivity index (χ3n) is 1.68. The van der Waals surface area contributed by atoms with Gasteiger partial charge in [-0.3, -0.25) is 4.79 Å². The van der Waals surface area contributed by atoms with Crippen molar-refractivity contribution in [1.82, 2.24) is 5.01 Å². The van der Waals surface area contributed by atoms with E-state index in [0.29, 0.717) is 13.0 Å². The molecule has 1 aliphatic heterocycles. The summed E-state index contributed by atoms with van der Waals surface area (Å²) in [7, 11) is 1.66. The van der Waals surface area contributed by atoms with Gasteiger partial charge in [0.15, 0.2) is 0 Å². The molecule has 1 aliphatic rings. The lowest BCUT2D eigenvalue weighted by atomic mass is 10.2. The second kappa shape index (κ2) is 3.46. The quantitative estimate of drug-likeness (QED) is 0.643. The minimum atomic E-state index is -0.174. The van der Waals surface area contributed by atoms with Gasteiger partial charge in [-0.1, -0.05) is 0 Å². The number of amides is 1. The lowest BCUT2D eigenvalue weighted by Gasteiger charge is -2.18. The zero-order chi connectivity index (χ0) is 10.1. The van der Waals surface area contributed by atoms with Crippen LogP contribution in [0.15, 0.2) is 5.10 Å². The van der Waals surface area contributed by atoms with Crippen molar-refractivity contribution in [3.8, 4) is 0 Å². The number of ether oxygens (including phenoxy) is 1. The highest BCUT2D eigenvalue weighted by Crippen LogP contribution is 2.10. The van der Waals surface area contributed by atoms with Gasteiger partial charge in [-0.05, 0) is 20.8 Å². The van der Waals surface area contributed by atoms with E-state index in [1.807, 2.05) is 20.8 Å². The molecule has 0 spiro atoms. The van der Waals surface area contributed by atoms with Crippen molar-refractivity contribution in [2.24, 2.45) is 5.10 Å². The first-order chi connectivity index (χ1) is 5.88. The van der Waals surface area contributed by atoms with Gasteiger partial charge in [-0.2, -0.15) is 5.10 Å². The Labute approximate surface area is 78.6 Å². The summed E-state index contributed by atoms with van der Waals surface area (Å²) >= 11 is 0. The highest BCUT2D eigenvalue weighted by atomic mass is 16.5. The molecule has 0 atom stereocenters. The molecular weight excluding hydrogens is 168 g/mol. The first kappa shape index (κ1) is 10.2. The second-order valence-electron chi connectivity index (χ2n) is 4.16. The predicted molar refractivity (Wildman–Crippen MR) is 50.5 cm³/mol. The number of hydrogen-bond donors (Lipinski definition) is 0. The Hall–Kier alpha value is -0.900. The molecule has 1 amide bonds. The second-order valence-corrected chi connectivity index (χ2v) is 4.16. The molecule has 13 heavy (non-hydrogen) atoms. The highest BCUT2D eigenvalue weighted by Gasteiger charge is 2.21. The Balaban J connectivity index is 2.40. The maximum Gasteiger partial charge on any atom is 0.248 e. The van der Waals surface area contributed by atoms with Gasteiger partial charge in [0.05, 0.1) is 24.3 Å². The van der Waals surface area contributed by atoms with Gasteiger partial charge in [0.2, 0.25) is 5.91 Å². The van der Waals surface area contributed by atoms with Crippen molar-refractivity contribution in [1.29, 1.82) is 0 Å². The molecule has 4 nitrogen and oxygen atoms in total. The van der Waals surface area contributed by atoms with Crippen molar-refractivity contribution in [2.45, 2.75) is 32.8 Å². The zero-order valence-corrected chi connectivity index (χ0v) is 8.63. The normalized spacial score (nSPS) is 18.0. The number of rotatable bonds is 2. The average molecular weight is 184 g/mol. The minimum Gasteiger partial charge on any atom is -0.370 e. The van der Waals surface area contributed by atoms with Gasteiger partial charge < -0.3 is 4.74 Å². The van der Waals surface area contributed by atoms with Crippen molar-refractivity contribution in [3.05, 3.63) is 0 Å². The molecule has 0 saturated heterocycles. The van der Waals surface area contributed by atoms with E-state index in [2.05, 4.69) is 5.10 Å². The van der Waals surface area contributed by atoms with E-state index in [0.717, 1.165) is 5.71 Å². The summed E-state index contributed by atoms with van der Waals surface area (Å²) in [6, 6.07) is 0. The molecule has 0 aromatic carbocycles. The third kappa shape index (κ3) is 3.14. The van der Waals surface area contributed by atoms with Crippen LogP contribution in [0.3, 0.4) is 0 Å². The molecule has 0 radical (unpaired) electrons. The maximum absolute atomic E-state index is 11.1. The number of hydrazone groups is 1. The summed E-state index contributed by atoms with van der Waals surface area (Å²) in [6.07, 6.45) is 0.395. The Morgan fingerprint density at radius 1 is 1.54 bits per heavy atom. The van der Waals surface area contributed by atoms with Crippen LogP contribution >= 0.6 is 0 Å². The van der Waals surface area contributed by atoms with Crippen molar-refractivity contribution < 1.29 is 9.53 Å². The monoisotopic (exact) mass is 184 g/mol. The molecule has 0 N–H and O–H groups in total. The van der Waals surface area contributed by atoms with Gasteiger partial charge in [0, 0.05) is 7.05 Å². The molecule has 4 heteroatoms. The van der Waals surface area contributed by atoms with E-state index in [4.69, 9.17) is 4.74 Å². The van der Waals surface area contributed by atoms with Crippen LogP contribution < -0.4 is 0 Å². The number of carbonyl (C=O) groups excluding carboxylic acids is 1. The van der Waals surface area contributed by atoms with E-state index < -0.39 is 0 Å². The maximum atomic E-state index is 11.1. The molecule has 0 fully saturated rings. The molecule has 0 saturated carbocycles. The number of carbonyl (C=O) groups is 1. The van der Waals surface area contributed by atoms with Gasteiger partial charge >= 0.3 is 0 Å². The molecule has 0 aliphatic carbocycles. The third-order valence-corrected chi connectivity index (χ3v) is 1.68. The van der Waals surface area contributed by atoms with Gasteiger partial charge in [0.25, 0.3) is 0 Å². The fourth-order valence-electron chi connectivity index (χ4n) is 0.972. The Bertz CT molecular complexity index is 240. The summed E-state index contributed by atoms with van der Waals surface area (Å²) in [6.45, 7) is 6.38. The van der Waals surface area contributed by atoms with Crippen LogP contribution in [0.5, 0.6) is 0 Å². The van der Waals surface area contributed by atoms with Crippen LogP contribution in [0, 0.1) is 0 Å². The van der Waals surface area contributed by atoms with Crippen LogP contribution in [0.4, 0.5) is 0 Å². The van der Waals surface area contributed by atoms with Crippen LogP contribution in [-0.2, 0) is 9.53 Å². The van der Waals surface area contributed by atoms with Crippen LogP contribution in [0.25, 0.3) is 0 Å². The first-order valence-electron chi connectivity index (χ1n) is 4.35. The Morgan fingerprint density at radius 3 is 2.54 bits per heavy atom. The van der Waals surface area contributed by atoms with E-state index >= 15 is 0 Å². The van der Waals surface area contributed by atoms with E-state index in [9.17, 15) is 4.79 Å².